The lowest BCUT2D eigenvalue weighted by Gasteiger charge is -2.26. The molecule has 3 rings (SSSR count). The summed E-state index contributed by atoms with van der Waals surface area (Å²) in [5.74, 6) is -1.20. The standard InChI is InChI=1S/C39H56F2O4/c1-3-5-7-8-9-10-11-12-13-15-29-44-36-28-27-35(37(40)38(36)41)39(42)45-34-25-23-33(24-26-34)43-30-16-18-32-21-19-31(20-22-32)17-14-6-4-2/h16,18,23-28,31-32H,3-15,17,19-22,29-30H2,1-2H3/b18-16+. The minimum atomic E-state index is -1.27. The lowest BCUT2D eigenvalue weighted by Crippen LogP contribution is -2.13. The Morgan fingerprint density at radius 1 is 0.711 bits per heavy atom. The van der Waals surface area contributed by atoms with Gasteiger partial charge in [0, 0.05) is 0 Å². The van der Waals surface area contributed by atoms with E-state index in [1.165, 1.54) is 108 Å². The molecule has 250 valence electrons. The van der Waals surface area contributed by atoms with Crippen LogP contribution in [0.2, 0.25) is 0 Å². The van der Waals surface area contributed by atoms with E-state index in [4.69, 9.17) is 14.2 Å². The van der Waals surface area contributed by atoms with Gasteiger partial charge in [0.1, 0.15) is 18.1 Å². The largest absolute Gasteiger partial charge is 0.490 e. The molecule has 0 amide bonds. The van der Waals surface area contributed by atoms with E-state index in [1.807, 2.05) is 0 Å². The van der Waals surface area contributed by atoms with Gasteiger partial charge in [-0.05, 0) is 80.3 Å². The minimum absolute atomic E-state index is 0.189. The quantitative estimate of drug-likeness (QED) is 0.0564. The lowest BCUT2D eigenvalue weighted by molar-refractivity contribution is 0.0728. The first-order valence-electron chi connectivity index (χ1n) is 17.7. The van der Waals surface area contributed by atoms with Crippen molar-refractivity contribution in [1.82, 2.24) is 0 Å². The molecule has 0 saturated heterocycles. The molecule has 0 bridgehead atoms. The van der Waals surface area contributed by atoms with Crippen LogP contribution in [0.15, 0.2) is 48.6 Å². The molecule has 2 aromatic rings. The summed E-state index contributed by atoms with van der Waals surface area (Å²) in [7, 11) is 0. The Hall–Kier alpha value is -2.89. The molecular formula is C39H56F2O4. The van der Waals surface area contributed by atoms with Crippen LogP contribution >= 0.6 is 0 Å². The molecular weight excluding hydrogens is 570 g/mol. The van der Waals surface area contributed by atoms with Gasteiger partial charge in [-0.15, -0.1) is 0 Å². The lowest BCUT2D eigenvalue weighted by atomic mass is 9.79. The first-order chi connectivity index (χ1) is 22.0. The highest BCUT2D eigenvalue weighted by Crippen LogP contribution is 2.33. The Labute approximate surface area is 270 Å². The summed E-state index contributed by atoms with van der Waals surface area (Å²) < 4.78 is 45.9. The second-order valence-corrected chi connectivity index (χ2v) is 12.6. The highest BCUT2D eigenvalue weighted by molar-refractivity contribution is 5.91. The monoisotopic (exact) mass is 626 g/mol. The fourth-order valence-corrected chi connectivity index (χ4v) is 6.08. The smallest absolute Gasteiger partial charge is 0.346 e. The average molecular weight is 627 g/mol. The van der Waals surface area contributed by atoms with Crippen molar-refractivity contribution in [1.29, 1.82) is 0 Å². The number of hydrogen-bond donors (Lipinski definition) is 0. The van der Waals surface area contributed by atoms with Crippen LogP contribution in [0.4, 0.5) is 8.78 Å². The van der Waals surface area contributed by atoms with Gasteiger partial charge in [-0.1, -0.05) is 109 Å². The summed E-state index contributed by atoms with van der Waals surface area (Å²) in [6.45, 7) is 5.25. The molecule has 6 heteroatoms. The Kier molecular flexibility index (Phi) is 17.7. The van der Waals surface area contributed by atoms with Crippen molar-refractivity contribution in [2.75, 3.05) is 13.2 Å². The number of hydrogen-bond acceptors (Lipinski definition) is 4. The van der Waals surface area contributed by atoms with Crippen LogP contribution in [0.1, 0.15) is 140 Å². The first kappa shape index (κ1) is 36.6. The molecule has 1 aliphatic carbocycles. The second-order valence-electron chi connectivity index (χ2n) is 12.6. The molecule has 0 aliphatic heterocycles. The highest BCUT2D eigenvalue weighted by Gasteiger charge is 2.21. The molecule has 0 heterocycles. The number of carbonyl (C=O) groups is 1. The van der Waals surface area contributed by atoms with Gasteiger partial charge in [0.15, 0.2) is 11.6 Å². The third kappa shape index (κ3) is 14.0. The number of carbonyl (C=O) groups excluding carboxylic acids is 1. The third-order valence-electron chi connectivity index (χ3n) is 8.92. The number of unbranched alkanes of at least 4 members (excludes halogenated alkanes) is 11. The maximum absolute atomic E-state index is 14.7. The van der Waals surface area contributed by atoms with Crippen LogP contribution in [-0.4, -0.2) is 19.2 Å². The van der Waals surface area contributed by atoms with Gasteiger partial charge in [0.05, 0.1) is 12.2 Å². The molecule has 1 fully saturated rings. The van der Waals surface area contributed by atoms with Crippen molar-refractivity contribution in [3.05, 3.63) is 65.7 Å². The van der Waals surface area contributed by atoms with E-state index in [0.29, 0.717) is 24.9 Å². The summed E-state index contributed by atoms with van der Waals surface area (Å²) >= 11 is 0. The van der Waals surface area contributed by atoms with Gasteiger partial charge >= 0.3 is 5.97 Å². The number of esters is 1. The van der Waals surface area contributed by atoms with E-state index in [9.17, 15) is 13.6 Å². The highest BCUT2D eigenvalue weighted by atomic mass is 19.2. The third-order valence-corrected chi connectivity index (χ3v) is 8.92. The fourth-order valence-electron chi connectivity index (χ4n) is 6.08. The van der Waals surface area contributed by atoms with Gasteiger partial charge in [-0.2, -0.15) is 4.39 Å². The van der Waals surface area contributed by atoms with Crippen molar-refractivity contribution in [3.8, 4) is 17.2 Å². The van der Waals surface area contributed by atoms with Crippen LogP contribution in [0.3, 0.4) is 0 Å². The Balaban J connectivity index is 1.33. The molecule has 1 saturated carbocycles. The van der Waals surface area contributed by atoms with Crippen LogP contribution in [0, 0.1) is 23.5 Å². The number of halogens is 2. The predicted molar refractivity (Wildman–Crippen MR) is 179 cm³/mol. The van der Waals surface area contributed by atoms with Gasteiger partial charge in [-0.25, -0.2) is 9.18 Å². The normalized spacial score (nSPS) is 16.6. The predicted octanol–water partition coefficient (Wildman–Crippen LogP) is 11.8. The van der Waals surface area contributed by atoms with Crippen molar-refractivity contribution in [2.45, 2.75) is 129 Å². The van der Waals surface area contributed by atoms with Crippen LogP contribution in [0.5, 0.6) is 17.2 Å². The average Bonchev–Trinajstić information content (AvgIpc) is 3.05. The fraction of sp³-hybridized carbons (Fsp3) is 0.615. The van der Waals surface area contributed by atoms with Crippen molar-refractivity contribution in [3.63, 3.8) is 0 Å². The summed E-state index contributed by atoms with van der Waals surface area (Å²) in [4.78, 5) is 12.6. The van der Waals surface area contributed by atoms with Crippen LogP contribution < -0.4 is 14.2 Å². The van der Waals surface area contributed by atoms with Crippen molar-refractivity contribution >= 4 is 5.97 Å². The second kappa shape index (κ2) is 21.8. The van der Waals surface area contributed by atoms with Gasteiger partial charge < -0.3 is 14.2 Å². The topological polar surface area (TPSA) is 44.8 Å². The van der Waals surface area contributed by atoms with Crippen LogP contribution in [0.25, 0.3) is 0 Å². The van der Waals surface area contributed by atoms with E-state index in [2.05, 4.69) is 26.0 Å². The summed E-state index contributed by atoms with van der Waals surface area (Å²) in [5, 5.41) is 0. The van der Waals surface area contributed by atoms with Crippen molar-refractivity contribution < 1.29 is 27.8 Å². The molecule has 0 atom stereocenters. The molecule has 0 N–H and O–H groups in total. The minimum Gasteiger partial charge on any atom is -0.490 e. The van der Waals surface area contributed by atoms with Gasteiger partial charge in [0.25, 0.3) is 0 Å². The Morgan fingerprint density at radius 3 is 1.98 bits per heavy atom. The summed E-state index contributed by atoms with van der Waals surface area (Å²) in [6, 6.07) is 9.04. The number of allylic oxidation sites excluding steroid dienone is 1. The molecule has 45 heavy (non-hydrogen) atoms. The summed E-state index contributed by atoms with van der Waals surface area (Å²) in [5.41, 5.74) is -0.473. The Bertz CT molecular complexity index is 1120. The van der Waals surface area contributed by atoms with E-state index in [0.717, 1.165) is 25.2 Å². The zero-order chi connectivity index (χ0) is 32.1. The number of benzene rings is 2. The molecule has 0 spiro atoms. The Morgan fingerprint density at radius 2 is 1.31 bits per heavy atom. The van der Waals surface area contributed by atoms with Crippen LogP contribution in [-0.2, 0) is 0 Å². The van der Waals surface area contributed by atoms with Crippen molar-refractivity contribution in [2.24, 2.45) is 11.8 Å². The summed E-state index contributed by atoms with van der Waals surface area (Å²) in [6.07, 6.45) is 26.7. The molecule has 2 aromatic carbocycles. The van der Waals surface area contributed by atoms with E-state index >= 15 is 0 Å². The van der Waals surface area contributed by atoms with E-state index in [1.54, 1.807) is 24.3 Å². The number of ether oxygens (including phenoxy) is 3. The molecule has 0 aromatic heterocycles. The molecule has 1 aliphatic rings. The molecule has 4 nitrogen and oxygen atoms in total. The van der Waals surface area contributed by atoms with Gasteiger partial charge in [0.2, 0.25) is 5.82 Å². The molecule has 0 unspecified atom stereocenters. The maximum atomic E-state index is 14.7. The molecule has 0 radical (unpaired) electrons. The maximum Gasteiger partial charge on any atom is 0.346 e. The zero-order valence-electron chi connectivity index (χ0n) is 27.8. The van der Waals surface area contributed by atoms with E-state index < -0.39 is 23.2 Å². The first-order valence-corrected chi connectivity index (χ1v) is 17.7. The zero-order valence-corrected chi connectivity index (χ0v) is 27.8. The van der Waals surface area contributed by atoms with Gasteiger partial charge in [-0.3, -0.25) is 0 Å². The van der Waals surface area contributed by atoms with E-state index in [-0.39, 0.29) is 11.5 Å². The number of rotatable bonds is 22. The SMILES string of the molecule is CCCCCCCCCCCCOc1ccc(C(=O)Oc2ccc(OC/C=C/C3CCC(CCCCC)CC3)cc2)c(F)c1F.